The molecule has 0 bridgehead atoms. The van der Waals surface area contributed by atoms with Crippen molar-refractivity contribution in [2.75, 3.05) is 0 Å². The summed E-state index contributed by atoms with van der Waals surface area (Å²) in [7, 11) is 0. The zero-order chi connectivity index (χ0) is 9.97. The third kappa shape index (κ3) is 2.87. The summed E-state index contributed by atoms with van der Waals surface area (Å²) < 4.78 is 0. The number of hydrogen-bond donors (Lipinski definition) is 3. The Balaban J connectivity index is 1.66. The number of rotatable bonds is 3. The largest absolute Gasteiger partial charge is 0.465 e. The lowest BCUT2D eigenvalue weighted by Crippen LogP contribution is -2.42. The first-order valence-electron chi connectivity index (χ1n) is 5.49. The van der Waals surface area contributed by atoms with Crippen LogP contribution >= 0.6 is 0 Å². The van der Waals surface area contributed by atoms with Crippen LogP contribution < -0.4 is 10.6 Å². The average Bonchev–Trinajstić information content (AvgIpc) is 2.91. The van der Waals surface area contributed by atoms with Crippen molar-refractivity contribution in [2.24, 2.45) is 0 Å². The molecule has 4 heteroatoms. The number of hydrogen-bond acceptors (Lipinski definition) is 2. The van der Waals surface area contributed by atoms with Crippen LogP contribution in [0.25, 0.3) is 0 Å². The minimum atomic E-state index is -0.886. The third-order valence-electron chi connectivity index (χ3n) is 3.10. The van der Waals surface area contributed by atoms with Crippen molar-refractivity contribution in [3.8, 4) is 0 Å². The van der Waals surface area contributed by atoms with Crippen LogP contribution in [-0.2, 0) is 0 Å². The molecule has 4 nitrogen and oxygen atoms in total. The van der Waals surface area contributed by atoms with Gasteiger partial charge in [-0.2, -0.15) is 0 Å². The summed E-state index contributed by atoms with van der Waals surface area (Å²) in [6, 6.07) is 1.59. The molecule has 0 atom stereocenters. The molecule has 1 amide bonds. The van der Waals surface area contributed by atoms with E-state index in [1.165, 1.54) is 12.8 Å². The summed E-state index contributed by atoms with van der Waals surface area (Å²) in [4.78, 5) is 10.4. The highest BCUT2D eigenvalue weighted by molar-refractivity contribution is 5.64. The van der Waals surface area contributed by atoms with Gasteiger partial charge < -0.3 is 15.7 Å². The molecule has 0 aromatic carbocycles. The van der Waals surface area contributed by atoms with Gasteiger partial charge in [0.05, 0.1) is 0 Å². The summed E-state index contributed by atoms with van der Waals surface area (Å²) in [6.45, 7) is 0. The highest BCUT2D eigenvalue weighted by Gasteiger charge is 2.28. The Morgan fingerprint density at radius 1 is 0.929 bits per heavy atom. The van der Waals surface area contributed by atoms with E-state index in [4.69, 9.17) is 5.11 Å². The molecule has 0 radical (unpaired) electrons. The summed E-state index contributed by atoms with van der Waals surface area (Å²) >= 11 is 0. The molecule has 2 aliphatic carbocycles. The summed E-state index contributed by atoms with van der Waals surface area (Å²) in [5, 5.41) is 14.7. The highest BCUT2D eigenvalue weighted by Crippen LogP contribution is 2.24. The lowest BCUT2D eigenvalue weighted by molar-refractivity contribution is 0.183. The minimum Gasteiger partial charge on any atom is -0.465 e. The van der Waals surface area contributed by atoms with Crippen molar-refractivity contribution in [2.45, 2.75) is 56.7 Å². The fraction of sp³-hybridized carbons (Fsp3) is 0.900. The predicted molar refractivity (Wildman–Crippen MR) is 53.4 cm³/mol. The van der Waals surface area contributed by atoms with Crippen molar-refractivity contribution in [3.63, 3.8) is 0 Å². The summed E-state index contributed by atoms with van der Waals surface area (Å²) in [5.74, 6) is 0. The van der Waals surface area contributed by atoms with E-state index in [9.17, 15) is 4.79 Å². The van der Waals surface area contributed by atoms with Crippen LogP contribution in [-0.4, -0.2) is 29.3 Å². The monoisotopic (exact) mass is 198 g/mol. The minimum absolute atomic E-state index is 0.185. The lowest BCUT2D eigenvalue weighted by atomic mass is 9.91. The van der Waals surface area contributed by atoms with E-state index in [-0.39, 0.29) is 6.04 Å². The van der Waals surface area contributed by atoms with Crippen LogP contribution in [0, 0.1) is 0 Å². The number of carbonyl (C=O) groups is 1. The normalized spacial score (nSPS) is 32.6. The second-order valence-corrected chi connectivity index (χ2v) is 4.44. The molecule has 0 spiro atoms. The molecule has 0 unspecified atom stereocenters. The van der Waals surface area contributed by atoms with Gasteiger partial charge in [0.1, 0.15) is 0 Å². The topological polar surface area (TPSA) is 61.4 Å². The van der Waals surface area contributed by atoms with Crippen LogP contribution in [0.2, 0.25) is 0 Å². The quantitative estimate of drug-likeness (QED) is 0.641. The van der Waals surface area contributed by atoms with E-state index < -0.39 is 6.09 Å². The molecule has 2 saturated carbocycles. The fourth-order valence-corrected chi connectivity index (χ4v) is 2.16. The summed E-state index contributed by atoms with van der Waals surface area (Å²) in [5.41, 5.74) is 0. The van der Waals surface area contributed by atoms with E-state index in [0.29, 0.717) is 6.04 Å². The van der Waals surface area contributed by atoms with Gasteiger partial charge in [0, 0.05) is 18.1 Å². The molecular weight excluding hydrogens is 180 g/mol. The molecule has 2 fully saturated rings. The van der Waals surface area contributed by atoms with Crippen molar-refractivity contribution < 1.29 is 9.90 Å². The van der Waals surface area contributed by atoms with Crippen LogP contribution in [0.3, 0.4) is 0 Å². The molecule has 0 aromatic rings. The maximum Gasteiger partial charge on any atom is 0.404 e. The van der Waals surface area contributed by atoms with E-state index in [1.807, 2.05) is 0 Å². The predicted octanol–water partition coefficient (Wildman–Crippen LogP) is 1.32. The van der Waals surface area contributed by atoms with E-state index in [0.717, 1.165) is 31.7 Å². The third-order valence-corrected chi connectivity index (χ3v) is 3.10. The van der Waals surface area contributed by atoms with Gasteiger partial charge in [0.2, 0.25) is 0 Å². The molecule has 2 aliphatic rings. The Labute approximate surface area is 84.1 Å². The fourth-order valence-electron chi connectivity index (χ4n) is 2.16. The maximum absolute atomic E-state index is 10.4. The van der Waals surface area contributed by atoms with Gasteiger partial charge in [0.25, 0.3) is 0 Å². The van der Waals surface area contributed by atoms with Crippen molar-refractivity contribution in [3.05, 3.63) is 0 Å². The van der Waals surface area contributed by atoms with Gasteiger partial charge in [-0.25, -0.2) is 4.79 Å². The first-order chi connectivity index (χ1) is 6.74. The van der Waals surface area contributed by atoms with Gasteiger partial charge in [-0.15, -0.1) is 0 Å². The van der Waals surface area contributed by atoms with Crippen LogP contribution in [0.5, 0.6) is 0 Å². The number of carboxylic acid groups (broad SMARTS) is 1. The molecular formula is C10H18N2O2. The lowest BCUT2D eigenvalue weighted by Gasteiger charge is -2.29. The molecule has 0 saturated heterocycles. The SMILES string of the molecule is O=C(O)N[C@H]1CC[C@@H](NC2CC2)CC1. The van der Waals surface area contributed by atoms with Gasteiger partial charge in [-0.05, 0) is 38.5 Å². The molecule has 3 N–H and O–H groups in total. The average molecular weight is 198 g/mol. The molecule has 0 heterocycles. The van der Waals surface area contributed by atoms with Crippen LogP contribution in [0.1, 0.15) is 38.5 Å². The van der Waals surface area contributed by atoms with Crippen LogP contribution in [0.4, 0.5) is 4.79 Å². The van der Waals surface area contributed by atoms with Gasteiger partial charge in [0.15, 0.2) is 0 Å². The van der Waals surface area contributed by atoms with Crippen molar-refractivity contribution >= 4 is 6.09 Å². The Morgan fingerprint density at radius 3 is 1.79 bits per heavy atom. The standard InChI is InChI=1S/C10H18N2O2/c13-10(14)12-9-5-3-8(4-6-9)11-7-1-2-7/h7-9,11-12H,1-6H2,(H,13,14)/t8-,9+. The molecule has 0 aliphatic heterocycles. The van der Waals surface area contributed by atoms with Gasteiger partial charge in [-0.3, -0.25) is 0 Å². The van der Waals surface area contributed by atoms with Crippen LogP contribution in [0.15, 0.2) is 0 Å². The van der Waals surface area contributed by atoms with E-state index in [2.05, 4.69) is 10.6 Å². The summed E-state index contributed by atoms with van der Waals surface area (Å²) in [6.07, 6.45) is 5.96. The van der Waals surface area contributed by atoms with E-state index in [1.54, 1.807) is 0 Å². The first-order valence-corrected chi connectivity index (χ1v) is 5.49. The Bertz CT molecular complexity index is 208. The van der Waals surface area contributed by atoms with Crippen molar-refractivity contribution in [1.29, 1.82) is 0 Å². The number of amides is 1. The smallest absolute Gasteiger partial charge is 0.404 e. The zero-order valence-electron chi connectivity index (χ0n) is 8.33. The highest BCUT2D eigenvalue weighted by atomic mass is 16.4. The maximum atomic E-state index is 10.4. The number of nitrogens with one attached hydrogen (secondary N) is 2. The van der Waals surface area contributed by atoms with E-state index >= 15 is 0 Å². The van der Waals surface area contributed by atoms with Crippen molar-refractivity contribution in [1.82, 2.24) is 10.6 Å². The molecule has 80 valence electrons. The Hall–Kier alpha value is -0.770. The van der Waals surface area contributed by atoms with Gasteiger partial charge >= 0.3 is 6.09 Å². The Kier molecular flexibility index (Phi) is 2.91. The molecule has 2 rings (SSSR count). The molecule has 0 aromatic heterocycles. The van der Waals surface area contributed by atoms with Gasteiger partial charge in [-0.1, -0.05) is 0 Å². The molecule has 14 heavy (non-hydrogen) atoms. The first kappa shape index (κ1) is 9.77. The second-order valence-electron chi connectivity index (χ2n) is 4.44. The Morgan fingerprint density at radius 2 is 1.36 bits per heavy atom. The second kappa shape index (κ2) is 4.17. The zero-order valence-corrected chi connectivity index (χ0v) is 8.33.